The molecule has 2 bridgehead atoms. The lowest BCUT2D eigenvalue weighted by Crippen LogP contribution is -2.77. The van der Waals surface area contributed by atoms with E-state index in [4.69, 9.17) is 4.74 Å². The summed E-state index contributed by atoms with van der Waals surface area (Å²) in [5.41, 5.74) is -1.62. The highest BCUT2D eigenvalue weighted by atomic mass is 16.5. The van der Waals surface area contributed by atoms with Crippen molar-refractivity contribution in [2.45, 2.75) is 18.4 Å². The summed E-state index contributed by atoms with van der Waals surface area (Å²) in [7, 11) is 1.41. The van der Waals surface area contributed by atoms with Crippen molar-refractivity contribution >= 4 is 5.97 Å². The van der Waals surface area contributed by atoms with Crippen LogP contribution in [-0.2, 0) is 9.53 Å². The van der Waals surface area contributed by atoms with Crippen LogP contribution in [0.3, 0.4) is 0 Å². The van der Waals surface area contributed by atoms with Gasteiger partial charge >= 0.3 is 5.97 Å². The minimum atomic E-state index is -0.901. The Morgan fingerprint density at radius 1 is 1.41 bits per heavy atom. The summed E-state index contributed by atoms with van der Waals surface area (Å²) in [6.45, 7) is 3.81. The van der Waals surface area contributed by atoms with Gasteiger partial charge in [0.2, 0.25) is 0 Å². The van der Waals surface area contributed by atoms with E-state index in [0.29, 0.717) is 19.6 Å². The van der Waals surface area contributed by atoms with Crippen molar-refractivity contribution < 1.29 is 14.6 Å². The number of hydrogen-bond acceptors (Lipinski definition) is 5. The van der Waals surface area contributed by atoms with Gasteiger partial charge in [0.1, 0.15) is 5.41 Å². The molecular formula is C12H20N2O3. The van der Waals surface area contributed by atoms with Crippen molar-refractivity contribution in [1.29, 1.82) is 0 Å². The lowest BCUT2D eigenvalue weighted by molar-refractivity contribution is -0.218. The van der Waals surface area contributed by atoms with E-state index in [1.807, 2.05) is 0 Å². The number of ether oxygens (including phenoxy) is 1. The first kappa shape index (κ1) is 11.4. The maximum Gasteiger partial charge on any atom is 0.317 e. The minimum absolute atomic E-state index is 0.244. The van der Waals surface area contributed by atoms with Crippen LogP contribution in [0.1, 0.15) is 12.8 Å². The Labute approximate surface area is 101 Å². The van der Waals surface area contributed by atoms with Gasteiger partial charge in [-0.3, -0.25) is 4.79 Å². The number of nitrogens with zero attached hydrogens (tertiary/aromatic N) is 1. The molecule has 4 heterocycles. The topological polar surface area (TPSA) is 61.8 Å². The molecule has 4 saturated heterocycles. The van der Waals surface area contributed by atoms with Crippen LogP contribution in [0.15, 0.2) is 0 Å². The molecule has 0 aromatic heterocycles. The molecule has 4 aliphatic rings. The summed E-state index contributed by atoms with van der Waals surface area (Å²) >= 11 is 0. The number of piperidine rings is 3. The maximum absolute atomic E-state index is 12.1. The Hall–Kier alpha value is -0.650. The van der Waals surface area contributed by atoms with Crippen LogP contribution in [0.2, 0.25) is 0 Å². The van der Waals surface area contributed by atoms with Gasteiger partial charge in [0.05, 0.1) is 12.7 Å². The van der Waals surface area contributed by atoms with E-state index in [-0.39, 0.29) is 11.9 Å². The highest BCUT2D eigenvalue weighted by Gasteiger charge is 2.65. The van der Waals surface area contributed by atoms with Gasteiger partial charge in [0.15, 0.2) is 0 Å². The van der Waals surface area contributed by atoms with Crippen LogP contribution in [0.5, 0.6) is 0 Å². The molecule has 5 nitrogen and oxygen atoms in total. The van der Waals surface area contributed by atoms with E-state index in [1.54, 1.807) is 0 Å². The quantitative estimate of drug-likeness (QED) is 0.619. The molecule has 2 N–H and O–H groups in total. The number of aliphatic hydroxyl groups is 1. The number of nitrogens with one attached hydrogen (secondary N) is 1. The first-order valence-corrected chi connectivity index (χ1v) is 6.36. The van der Waals surface area contributed by atoms with Crippen LogP contribution in [0.25, 0.3) is 0 Å². The molecule has 0 saturated carbocycles. The monoisotopic (exact) mass is 240 g/mol. The number of carbonyl (C=O) groups excluding carboxylic acids is 1. The number of fused-ring (bicyclic) bond motifs is 3. The second-order valence-electron chi connectivity index (χ2n) is 5.65. The van der Waals surface area contributed by atoms with E-state index in [1.165, 1.54) is 7.11 Å². The Bertz CT molecular complexity index is 335. The smallest absolute Gasteiger partial charge is 0.317 e. The number of methoxy groups -OCH3 is 1. The van der Waals surface area contributed by atoms with Gasteiger partial charge < -0.3 is 20.1 Å². The first-order chi connectivity index (χ1) is 8.12. The van der Waals surface area contributed by atoms with Gasteiger partial charge in [-0.25, -0.2) is 0 Å². The summed E-state index contributed by atoms with van der Waals surface area (Å²) in [6.07, 6.45) is 1.99. The fourth-order valence-electron chi connectivity index (χ4n) is 3.78. The van der Waals surface area contributed by atoms with Crippen molar-refractivity contribution in [3.8, 4) is 0 Å². The molecule has 17 heavy (non-hydrogen) atoms. The third-order valence-corrected chi connectivity index (χ3v) is 4.99. The third-order valence-electron chi connectivity index (χ3n) is 4.99. The Balaban J connectivity index is 1.93. The molecule has 0 aromatic rings. The zero-order valence-electron chi connectivity index (χ0n) is 10.2. The normalized spacial score (nSPS) is 42.9. The molecule has 0 radical (unpaired) electrons. The second-order valence-corrected chi connectivity index (χ2v) is 5.65. The average Bonchev–Trinajstić information content (AvgIpc) is 2.28. The SMILES string of the molecule is COC(=O)C1(C2(O)CN3CCC2CC3)CNC1. The molecule has 0 amide bonds. The highest BCUT2D eigenvalue weighted by Crippen LogP contribution is 2.49. The van der Waals surface area contributed by atoms with Gasteiger partial charge in [0, 0.05) is 19.6 Å². The van der Waals surface area contributed by atoms with E-state index >= 15 is 0 Å². The van der Waals surface area contributed by atoms with E-state index in [2.05, 4.69) is 10.2 Å². The summed E-state index contributed by atoms with van der Waals surface area (Å²) in [6, 6.07) is 0. The van der Waals surface area contributed by atoms with Crippen LogP contribution in [0.4, 0.5) is 0 Å². The largest absolute Gasteiger partial charge is 0.468 e. The van der Waals surface area contributed by atoms with Crippen molar-refractivity contribution in [2.24, 2.45) is 11.3 Å². The van der Waals surface area contributed by atoms with Gasteiger partial charge in [-0.2, -0.15) is 0 Å². The molecule has 96 valence electrons. The van der Waals surface area contributed by atoms with Crippen LogP contribution in [-0.4, -0.2) is 61.4 Å². The molecule has 0 aliphatic carbocycles. The van der Waals surface area contributed by atoms with Crippen molar-refractivity contribution in [3.63, 3.8) is 0 Å². The molecule has 1 atom stereocenters. The molecule has 5 heteroatoms. The van der Waals surface area contributed by atoms with Gasteiger partial charge in [-0.05, 0) is 31.8 Å². The van der Waals surface area contributed by atoms with Gasteiger partial charge in [0.25, 0.3) is 0 Å². The summed E-state index contributed by atoms with van der Waals surface area (Å²) in [5.74, 6) is -0.0128. The van der Waals surface area contributed by atoms with Gasteiger partial charge in [-0.1, -0.05) is 0 Å². The van der Waals surface area contributed by atoms with E-state index < -0.39 is 11.0 Å². The third kappa shape index (κ3) is 1.33. The summed E-state index contributed by atoms with van der Waals surface area (Å²) < 4.78 is 4.93. The lowest BCUT2D eigenvalue weighted by Gasteiger charge is -2.60. The molecular weight excluding hydrogens is 220 g/mol. The number of esters is 1. The fourth-order valence-corrected chi connectivity index (χ4v) is 3.78. The molecule has 4 aliphatic heterocycles. The second kappa shape index (κ2) is 3.67. The zero-order valence-corrected chi connectivity index (χ0v) is 10.2. The zero-order chi connectivity index (χ0) is 12.1. The molecule has 4 fully saturated rings. The van der Waals surface area contributed by atoms with E-state index in [0.717, 1.165) is 25.9 Å². The lowest BCUT2D eigenvalue weighted by atomic mass is 9.57. The maximum atomic E-state index is 12.1. The Morgan fingerprint density at radius 2 is 2.06 bits per heavy atom. The predicted molar refractivity (Wildman–Crippen MR) is 61.4 cm³/mol. The van der Waals surface area contributed by atoms with Crippen molar-refractivity contribution in [2.75, 3.05) is 39.8 Å². The highest BCUT2D eigenvalue weighted by molar-refractivity contribution is 5.80. The van der Waals surface area contributed by atoms with Crippen LogP contribution in [0, 0.1) is 11.3 Å². The predicted octanol–water partition coefficient (Wildman–Crippen LogP) is -0.794. The fraction of sp³-hybridized carbons (Fsp3) is 0.917. The Kier molecular flexibility index (Phi) is 2.47. The molecule has 1 unspecified atom stereocenters. The number of carbonyl (C=O) groups is 1. The number of rotatable bonds is 2. The Morgan fingerprint density at radius 3 is 2.41 bits per heavy atom. The van der Waals surface area contributed by atoms with Crippen LogP contribution >= 0.6 is 0 Å². The summed E-state index contributed by atoms with van der Waals surface area (Å²) in [4.78, 5) is 14.3. The van der Waals surface area contributed by atoms with Crippen LogP contribution < -0.4 is 5.32 Å². The molecule has 4 rings (SSSR count). The van der Waals surface area contributed by atoms with Crippen molar-refractivity contribution in [3.05, 3.63) is 0 Å². The average molecular weight is 240 g/mol. The summed E-state index contributed by atoms with van der Waals surface area (Å²) in [5, 5.41) is 14.2. The van der Waals surface area contributed by atoms with Gasteiger partial charge in [-0.15, -0.1) is 0 Å². The van der Waals surface area contributed by atoms with Crippen molar-refractivity contribution in [1.82, 2.24) is 10.2 Å². The first-order valence-electron chi connectivity index (χ1n) is 6.36. The standard InChI is InChI=1S/C12H20N2O3/c1-17-10(15)11(6-13-7-11)12(16)8-14-4-2-9(12)3-5-14/h9,13,16H,2-8H2,1H3. The number of hydrogen-bond donors (Lipinski definition) is 2. The molecule has 0 aromatic carbocycles. The minimum Gasteiger partial charge on any atom is -0.468 e. The molecule has 0 spiro atoms. The van der Waals surface area contributed by atoms with E-state index in [9.17, 15) is 9.90 Å².